The van der Waals surface area contributed by atoms with Gasteiger partial charge in [0.1, 0.15) is 0 Å². The molecule has 0 fully saturated rings. The Labute approximate surface area is 262 Å². The first kappa shape index (κ1) is 41.3. The van der Waals surface area contributed by atoms with Gasteiger partial charge in [-0.05, 0) is 72.5 Å². The van der Waals surface area contributed by atoms with E-state index in [9.17, 15) is 27.4 Å². The number of ether oxygens (including phenoxy) is 3. The average Bonchev–Trinajstić information content (AvgIpc) is 2.73. The number of carbonyl (C=O) groups excluding carboxylic acids is 3. The summed E-state index contributed by atoms with van der Waals surface area (Å²) in [6.07, 6.45) is 3.47. The zero-order valence-corrected chi connectivity index (χ0v) is 29.9. The van der Waals surface area contributed by atoms with Crippen molar-refractivity contribution in [2.75, 3.05) is 19.8 Å². The Kier molecular flexibility index (Phi) is 17.0. The molecule has 5 atom stereocenters. The van der Waals surface area contributed by atoms with E-state index < -0.39 is 45.6 Å². The summed E-state index contributed by atoms with van der Waals surface area (Å²) in [5.74, 6) is -4.36. The molecule has 0 aliphatic rings. The van der Waals surface area contributed by atoms with E-state index in [4.69, 9.17) is 14.2 Å². The largest absolute Gasteiger partial charge is 0.466 e. The SMILES string of the molecule is CC(CCOC(=O)CC(C(=O)OCCC(C)CC(C)(C)C)C(C(=O)OCCC(C)CC(C)(C)C)S(=O)(=O)O)CC(C)(C)C. The van der Waals surface area contributed by atoms with Crippen molar-refractivity contribution >= 4 is 28.0 Å². The second-order valence-electron chi connectivity index (χ2n) is 16.3. The first-order valence-corrected chi connectivity index (χ1v) is 17.3. The van der Waals surface area contributed by atoms with Gasteiger partial charge in [0.15, 0.2) is 5.25 Å². The number of carbonyl (C=O) groups is 3. The molecule has 0 bridgehead atoms. The standard InChI is InChI=1S/C33H62O9S/c1-23(20-31(4,5)6)13-16-40-27(34)19-26(29(35)41-17-14-24(2)21-32(7,8)9)28(43(37,38)39)30(36)42-18-15-25(3)22-33(10,11)12/h23-26,28H,13-22H2,1-12H3,(H,37,38,39). The molecule has 1 N–H and O–H groups in total. The van der Waals surface area contributed by atoms with Crippen molar-refractivity contribution in [3.8, 4) is 0 Å². The summed E-state index contributed by atoms with van der Waals surface area (Å²) >= 11 is 0. The molecular formula is C33H62O9S. The Bertz CT molecular complexity index is 968. The summed E-state index contributed by atoms with van der Waals surface area (Å²) < 4.78 is 50.9. The summed E-state index contributed by atoms with van der Waals surface area (Å²) in [5.41, 5.74) is 0.241. The van der Waals surface area contributed by atoms with Crippen molar-refractivity contribution in [1.29, 1.82) is 0 Å². The van der Waals surface area contributed by atoms with Crippen molar-refractivity contribution in [2.24, 2.45) is 39.9 Å². The highest BCUT2D eigenvalue weighted by molar-refractivity contribution is 7.87. The molecule has 0 aromatic rings. The van der Waals surface area contributed by atoms with Gasteiger partial charge in [0, 0.05) is 0 Å². The van der Waals surface area contributed by atoms with Gasteiger partial charge in [0.2, 0.25) is 0 Å². The predicted molar refractivity (Wildman–Crippen MR) is 170 cm³/mol. The fourth-order valence-corrected chi connectivity index (χ4v) is 6.71. The van der Waals surface area contributed by atoms with Crippen LogP contribution in [-0.2, 0) is 38.7 Å². The van der Waals surface area contributed by atoms with Crippen LogP contribution in [0.5, 0.6) is 0 Å². The van der Waals surface area contributed by atoms with Gasteiger partial charge >= 0.3 is 17.9 Å². The summed E-state index contributed by atoms with van der Waals surface area (Å²) in [6.45, 7) is 25.0. The summed E-state index contributed by atoms with van der Waals surface area (Å²) in [5, 5.41) is -2.31. The van der Waals surface area contributed by atoms with Crippen molar-refractivity contribution in [2.45, 2.75) is 133 Å². The maximum Gasteiger partial charge on any atom is 0.327 e. The lowest BCUT2D eigenvalue weighted by molar-refractivity contribution is -0.159. The van der Waals surface area contributed by atoms with Gasteiger partial charge in [-0.25, -0.2) is 0 Å². The van der Waals surface area contributed by atoms with E-state index in [-0.39, 0.29) is 53.8 Å². The van der Waals surface area contributed by atoms with Gasteiger partial charge in [0.25, 0.3) is 10.1 Å². The van der Waals surface area contributed by atoms with Gasteiger partial charge in [0.05, 0.1) is 32.2 Å². The highest BCUT2D eigenvalue weighted by Gasteiger charge is 2.46. The number of rotatable bonds is 18. The molecular weight excluding hydrogens is 572 g/mol. The van der Waals surface area contributed by atoms with Gasteiger partial charge < -0.3 is 14.2 Å². The zero-order valence-electron chi connectivity index (χ0n) is 29.1. The van der Waals surface area contributed by atoms with E-state index in [0.717, 1.165) is 19.3 Å². The average molecular weight is 635 g/mol. The zero-order chi connectivity index (χ0) is 33.8. The third-order valence-corrected chi connectivity index (χ3v) is 8.24. The molecule has 9 nitrogen and oxygen atoms in total. The third kappa shape index (κ3) is 20.8. The van der Waals surface area contributed by atoms with Crippen LogP contribution in [0.4, 0.5) is 0 Å². The minimum atomic E-state index is -5.14. The Morgan fingerprint density at radius 2 is 0.930 bits per heavy atom. The van der Waals surface area contributed by atoms with E-state index in [1.807, 2.05) is 20.8 Å². The number of esters is 3. The van der Waals surface area contributed by atoms with Crippen LogP contribution in [0.15, 0.2) is 0 Å². The van der Waals surface area contributed by atoms with Crippen LogP contribution in [0.2, 0.25) is 0 Å². The maximum absolute atomic E-state index is 13.2. The first-order valence-electron chi connectivity index (χ1n) is 15.8. The lowest BCUT2D eigenvalue weighted by atomic mass is 9.84. The van der Waals surface area contributed by atoms with E-state index in [1.54, 1.807) is 0 Å². The Morgan fingerprint density at radius 3 is 1.26 bits per heavy atom. The second-order valence-corrected chi connectivity index (χ2v) is 17.8. The van der Waals surface area contributed by atoms with Gasteiger partial charge in [-0.15, -0.1) is 0 Å². The number of hydrogen-bond acceptors (Lipinski definition) is 8. The molecule has 0 aliphatic carbocycles. The van der Waals surface area contributed by atoms with E-state index in [2.05, 4.69) is 62.3 Å². The van der Waals surface area contributed by atoms with Crippen LogP contribution >= 0.6 is 0 Å². The summed E-state index contributed by atoms with van der Waals surface area (Å²) in [7, 11) is -5.14. The smallest absolute Gasteiger partial charge is 0.327 e. The normalized spacial score (nSPS) is 16.5. The van der Waals surface area contributed by atoms with Crippen molar-refractivity contribution < 1.29 is 41.6 Å². The Hall–Kier alpha value is -1.68. The van der Waals surface area contributed by atoms with E-state index >= 15 is 0 Å². The predicted octanol–water partition coefficient (Wildman–Crippen LogP) is 7.27. The highest BCUT2D eigenvalue weighted by atomic mass is 32.2. The molecule has 0 spiro atoms. The van der Waals surface area contributed by atoms with Crippen LogP contribution in [0.1, 0.15) is 128 Å². The molecule has 0 amide bonds. The molecule has 254 valence electrons. The third-order valence-electron chi connectivity index (χ3n) is 7.07. The molecule has 0 saturated carbocycles. The fourth-order valence-electron chi connectivity index (χ4n) is 5.77. The molecule has 0 rings (SSSR count). The molecule has 0 radical (unpaired) electrons. The minimum absolute atomic E-state index is 0.0243. The van der Waals surface area contributed by atoms with Crippen LogP contribution in [-0.4, -0.2) is 55.9 Å². The maximum atomic E-state index is 13.2. The molecule has 0 saturated heterocycles. The summed E-state index contributed by atoms with van der Waals surface area (Å²) in [6, 6.07) is 0. The fraction of sp³-hybridized carbons (Fsp3) is 0.909. The topological polar surface area (TPSA) is 133 Å². The number of hydrogen-bond donors (Lipinski definition) is 1. The minimum Gasteiger partial charge on any atom is -0.466 e. The lowest BCUT2D eigenvalue weighted by Crippen LogP contribution is -2.44. The highest BCUT2D eigenvalue weighted by Crippen LogP contribution is 2.29. The molecule has 0 aliphatic heterocycles. The van der Waals surface area contributed by atoms with Gasteiger partial charge in [-0.2, -0.15) is 8.42 Å². The Morgan fingerprint density at radius 1 is 0.605 bits per heavy atom. The first-order chi connectivity index (χ1) is 19.3. The molecule has 43 heavy (non-hydrogen) atoms. The molecule has 0 heterocycles. The van der Waals surface area contributed by atoms with Crippen LogP contribution < -0.4 is 0 Å². The van der Waals surface area contributed by atoms with E-state index in [0.29, 0.717) is 19.3 Å². The molecule has 10 heteroatoms. The van der Waals surface area contributed by atoms with Crippen LogP contribution in [0, 0.1) is 39.9 Å². The molecule has 0 aromatic carbocycles. The van der Waals surface area contributed by atoms with Crippen molar-refractivity contribution in [1.82, 2.24) is 0 Å². The molecule has 5 unspecified atom stereocenters. The van der Waals surface area contributed by atoms with Gasteiger partial charge in [-0.3, -0.25) is 18.9 Å². The van der Waals surface area contributed by atoms with Gasteiger partial charge in [-0.1, -0.05) is 83.1 Å². The quantitative estimate of drug-likeness (QED) is 0.0939. The van der Waals surface area contributed by atoms with Crippen LogP contribution in [0.25, 0.3) is 0 Å². The monoisotopic (exact) mass is 634 g/mol. The van der Waals surface area contributed by atoms with Crippen molar-refractivity contribution in [3.05, 3.63) is 0 Å². The lowest BCUT2D eigenvalue weighted by Gasteiger charge is -2.25. The second kappa shape index (κ2) is 17.7. The summed E-state index contributed by atoms with van der Waals surface area (Å²) in [4.78, 5) is 39.0. The Balaban J connectivity index is 5.69. The van der Waals surface area contributed by atoms with Crippen molar-refractivity contribution in [3.63, 3.8) is 0 Å². The molecule has 0 aromatic heterocycles. The van der Waals surface area contributed by atoms with E-state index in [1.165, 1.54) is 0 Å². The van der Waals surface area contributed by atoms with Crippen LogP contribution in [0.3, 0.4) is 0 Å².